The van der Waals surface area contributed by atoms with Crippen molar-refractivity contribution in [1.29, 1.82) is 0 Å². The van der Waals surface area contributed by atoms with Gasteiger partial charge in [-0.2, -0.15) is 4.80 Å². The third-order valence-electron chi connectivity index (χ3n) is 3.50. The normalized spacial score (nSPS) is 11.6. The number of rotatable bonds is 7. The van der Waals surface area contributed by atoms with Crippen molar-refractivity contribution in [3.63, 3.8) is 0 Å². The number of nitrogens with one attached hydrogen (secondary N) is 1. The zero-order chi connectivity index (χ0) is 19.2. The van der Waals surface area contributed by atoms with Crippen LogP contribution >= 0.6 is 11.3 Å². The van der Waals surface area contributed by atoms with Crippen molar-refractivity contribution in [2.24, 2.45) is 0 Å². The summed E-state index contributed by atoms with van der Waals surface area (Å²) in [5.74, 6) is 0.0275. The molecule has 2 heterocycles. The first-order chi connectivity index (χ1) is 13.0. The summed E-state index contributed by atoms with van der Waals surface area (Å²) in [5, 5.41) is 16.4. The van der Waals surface area contributed by atoms with Crippen molar-refractivity contribution in [2.75, 3.05) is 12.4 Å². The summed E-state index contributed by atoms with van der Waals surface area (Å²) in [6.07, 6.45) is -0.972. The number of thiophene rings is 1. The topological polar surface area (TPSA) is 108 Å². The summed E-state index contributed by atoms with van der Waals surface area (Å²) in [4.78, 5) is 26.1. The molecule has 3 rings (SSSR count). The summed E-state index contributed by atoms with van der Waals surface area (Å²) in [7, 11) is 1.56. The van der Waals surface area contributed by atoms with Crippen molar-refractivity contribution < 1.29 is 19.1 Å². The van der Waals surface area contributed by atoms with Crippen LogP contribution in [0.25, 0.3) is 10.7 Å². The minimum absolute atomic E-state index is 0.238. The van der Waals surface area contributed by atoms with E-state index in [1.807, 2.05) is 17.5 Å². The molecule has 0 bridgehead atoms. The number of methoxy groups -OCH3 is 1. The Kier molecular flexibility index (Phi) is 5.77. The largest absolute Gasteiger partial charge is 0.497 e. The van der Waals surface area contributed by atoms with Gasteiger partial charge in [0.25, 0.3) is 5.91 Å². The number of anilines is 1. The second-order valence-corrected chi connectivity index (χ2v) is 6.42. The van der Waals surface area contributed by atoms with Crippen LogP contribution in [-0.4, -0.2) is 45.3 Å². The number of tetrazole rings is 1. The van der Waals surface area contributed by atoms with E-state index in [2.05, 4.69) is 20.7 Å². The average Bonchev–Trinajstić information content (AvgIpc) is 3.33. The highest BCUT2D eigenvalue weighted by Crippen LogP contribution is 2.19. The van der Waals surface area contributed by atoms with Gasteiger partial charge in [0.1, 0.15) is 5.75 Å². The van der Waals surface area contributed by atoms with Crippen LogP contribution in [0.5, 0.6) is 5.75 Å². The lowest BCUT2D eigenvalue weighted by atomic mass is 10.3. The first-order valence-electron chi connectivity index (χ1n) is 8.01. The molecule has 1 atom stereocenters. The molecule has 0 spiro atoms. The van der Waals surface area contributed by atoms with E-state index in [-0.39, 0.29) is 6.54 Å². The molecule has 27 heavy (non-hydrogen) atoms. The van der Waals surface area contributed by atoms with Crippen LogP contribution in [0.3, 0.4) is 0 Å². The van der Waals surface area contributed by atoms with Crippen molar-refractivity contribution in [3.05, 3.63) is 41.8 Å². The van der Waals surface area contributed by atoms with Gasteiger partial charge in [0.15, 0.2) is 12.6 Å². The summed E-state index contributed by atoms with van der Waals surface area (Å²) in [6.45, 7) is 1.25. The maximum Gasteiger partial charge on any atom is 0.330 e. The maximum absolute atomic E-state index is 12.1. The van der Waals surface area contributed by atoms with E-state index < -0.39 is 18.0 Å². The average molecular weight is 387 g/mol. The van der Waals surface area contributed by atoms with Gasteiger partial charge < -0.3 is 14.8 Å². The fraction of sp³-hybridized carbons (Fsp3) is 0.235. The van der Waals surface area contributed by atoms with Gasteiger partial charge in [0.05, 0.1) is 12.0 Å². The summed E-state index contributed by atoms with van der Waals surface area (Å²) in [5.41, 5.74) is 0.572. The Balaban J connectivity index is 1.51. The fourth-order valence-electron chi connectivity index (χ4n) is 2.14. The van der Waals surface area contributed by atoms with Crippen LogP contribution in [-0.2, 0) is 20.9 Å². The van der Waals surface area contributed by atoms with E-state index in [0.29, 0.717) is 17.3 Å². The second kappa shape index (κ2) is 8.41. The highest BCUT2D eigenvalue weighted by molar-refractivity contribution is 7.13. The molecular formula is C17H17N5O4S. The first-order valence-corrected chi connectivity index (χ1v) is 8.89. The minimum atomic E-state index is -0.972. The second-order valence-electron chi connectivity index (χ2n) is 5.47. The molecule has 9 nitrogen and oxygen atoms in total. The number of aromatic nitrogens is 4. The van der Waals surface area contributed by atoms with Crippen LogP contribution in [0, 0.1) is 0 Å². The predicted octanol–water partition coefficient (Wildman–Crippen LogP) is 1.98. The van der Waals surface area contributed by atoms with Crippen LogP contribution in [0.4, 0.5) is 5.69 Å². The van der Waals surface area contributed by atoms with Crippen LogP contribution in [0.2, 0.25) is 0 Å². The molecule has 1 amide bonds. The number of ether oxygens (including phenoxy) is 2. The lowest BCUT2D eigenvalue weighted by Gasteiger charge is -2.13. The molecule has 0 radical (unpaired) electrons. The maximum atomic E-state index is 12.1. The Morgan fingerprint density at radius 3 is 2.70 bits per heavy atom. The molecule has 0 saturated heterocycles. The Hall–Kier alpha value is -3.27. The van der Waals surface area contributed by atoms with E-state index in [1.54, 1.807) is 31.4 Å². The molecular weight excluding hydrogens is 370 g/mol. The molecule has 0 fully saturated rings. The predicted molar refractivity (Wildman–Crippen MR) is 98.3 cm³/mol. The molecule has 0 aliphatic carbocycles. The Morgan fingerprint density at radius 1 is 1.26 bits per heavy atom. The van der Waals surface area contributed by atoms with Gasteiger partial charge in [-0.25, -0.2) is 4.79 Å². The van der Waals surface area contributed by atoms with Gasteiger partial charge in [-0.05, 0) is 47.8 Å². The van der Waals surface area contributed by atoms with Crippen LogP contribution in [0.15, 0.2) is 41.8 Å². The molecule has 2 aromatic heterocycles. The van der Waals surface area contributed by atoms with Gasteiger partial charge in [0.2, 0.25) is 5.82 Å². The first kappa shape index (κ1) is 18.5. The highest BCUT2D eigenvalue weighted by atomic mass is 32.1. The number of nitrogens with zero attached hydrogens (tertiary/aromatic N) is 4. The molecule has 0 aliphatic heterocycles. The third kappa shape index (κ3) is 4.88. The molecule has 10 heteroatoms. The third-order valence-corrected chi connectivity index (χ3v) is 4.37. The fourth-order valence-corrected chi connectivity index (χ4v) is 2.78. The number of carbonyl (C=O) groups is 2. The van der Waals surface area contributed by atoms with Crippen LogP contribution in [0.1, 0.15) is 6.92 Å². The molecule has 140 valence electrons. The molecule has 0 aliphatic rings. The number of carbonyl (C=O) groups excluding carboxylic acids is 2. The number of benzene rings is 1. The van der Waals surface area contributed by atoms with E-state index in [0.717, 1.165) is 9.67 Å². The SMILES string of the molecule is COc1ccc(NC(=O)[C@H](C)OC(=O)Cn2nnc(-c3cccs3)n2)cc1. The smallest absolute Gasteiger partial charge is 0.330 e. The zero-order valence-electron chi connectivity index (χ0n) is 14.7. The van der Waals surface area contributed by atoms with Gasteiger partial charge in [-0.15, -0.1) is 21.5 Å². The van der Waals surface area contributed by atoms with E-state index >= 15 is 0 Å². The van der Waals surface area contributed by atoms with E-state index in [9.17, 15) is 9.59 Å². The summed E-state index contributed by atoms with van der Waals surface area (Å²) in [6, 6.07) is 10.5. The van der Waals surface area contributed by atoms with Crippen LogP contribution < -0.4 is 10.1 Å². The van der Waals surface area contributed by atoms with Crippen molar-refractivity contribution in [2.45, 2.75) is 19.6 Å². The van der Waals surface area contributed by atoms with Gasteiger partial charge in [0, 0.05) is 5.69 Å². The number of esters is 1. The Morgan fingerprint density at radius 2 is 2.04 bits per heavy atom. The molecule has 1 aromatic carbocycles. The number of hydrogen-bond acceptors (Lipinski definition) is 8. The monoisotopic (exact) mass is 387 g/mol. The van der Waals surface area contributed by atoms with Crippen molar-refractivity contribution in [3.8, 4) is 16.5 Å². The van der Waals surface area contributed by atoms with Gasteiger partial charge >= 0.3 is 5.97 Å². The summed E-state index contributed by atoms with van der Waals surface area (Å²) >= 11 is 1.47. The zero-order valence-corrected chi connectivity index (χ0v) is 15.5. The Labute approximate surface area is 158 Å². The molecule has 0 saturated carbocycles. The standard InChI is InChI=1S/C17H17N5O4S/c1-11(17(24)18-12-5-7-13(25-2)8-6-12)26-15(23)10-22-20-16(19-21-22)14-4-3-9-27-14/h3-9,11H,10H2,1-2H3,(H,18,24)/t11-/m0/s1. The summed E-state index contributed by atoms with van der Waals surface area (Å²) < 4.78 is 10.2. The van der Waals surface area contributed by atoms with Gasteiger partial charge in [-0.3, -0.25) is 4.79 Å². The Bertz CT molecular complexity index is 908. The number of amides is 1. The van der Waals surface area contributed by atoms with Crippen molar-refractivity contribution in [1.82, 2.24) is 20.2 Å². The molecule has 0 unspecified atom stereocenters. The van der Waals surface area contributed by atoms with Crippen molar-refractivity contribution >= 4 is 28.9 Å². The minimum Gasteiger partial charge on any atom is -0.497 e. The molecule has 1 N–H and O–H groups in total. The van der Waals surface area contributed by atoms with E-state index in [4.69, 9.17) is 9.47 Å². The quantitative estimate of drug-likeness (QED) is 0.618. The lowest BCUT2D eigenvalue weighted by molar-refractivity contribution is -0.154. The lowest BCUT2D eigenvalue weighted by Crippen LogP contribution is -2.31. The highest BCUT2D eigenvalue weighted by Gasteiger charge is 2.19. The van der Waals surface area contributed by atoms with Gasteiger partial charge in [-0.1, -0.05) is 6.07 Å². The van der Waals surface area contributed by atoms with E-state index in [1.165, 1.54) is 18.3 Å². The molecule has 3 aromatic rings. The number of hydrogen-bond donors (Lipinski definition) is 1.